The molecular weight excluding hydrogens is 368 g/mol. The lowest BCUT2D eigenvalue weighted by molar-refractivity contribution is -0.130. The molecule has 1 heterocycles. The van der Waals surface area contributed by atoms with Crippen LogP contribution < -0.4 is 10.6 Å². The van der Waals surface area contributed by atoms with Gasteiger partial charge >= 0.3 is 0 Å². The third-order valence-electron chi connectivity index (χ3n) is 5.58. The predicted octanol–water partition coefficient (Wildman–Crippen LogP) is 2.99. The van der Waals surface area contributed by atoms with Crippen LogP contribution in [0.15, 0.2) is 24.3 Å². The quantitative estimate of drug-likeness (QED) is 0.766. The molecular formula is C23H34N2O4. The molecule has 6 nitrogen and oxygen atoms in total. The standard InChI is InChI=1S/C23H34N2O4/c1-14(2)12-18(21(28)25-23(7)15(3)29-13-19(23)26)24-20(27)16-8-10-17(11-9-16)22(4,5)6/h8-11,14-15,18H,12-13H2,1-7H3,(H,24,27)(H,25,28). The van der Waals surface area contributed by atoms with E-state index in [0.29, 0.717) is 12.0 Å². The van der Waals surface area contributed by atoms with Crippen LogP contribution >= 0.6 is 0 Å². The first-order valence-corrected chi connectivity index (χ1v) is 10.2. The fourth-order valence-corrected chi connectivity index (χ4v) is 3.32. The Balaban J connectivity index is 2.14. The van der Waals surface area contributed by atoms with E-state index in [-0.39, 0.29) is 35.5 Å². The van der Waals surface area contributed by atoms with Gasteiger partial charge in [0.2, 0.25) is 5.91 Å². The molecule has 2 N–H and O–H groups in total. The van der Waals surface area contributed by atoms with Crippen LogP contribution in [0.2, 0.25) is 0 Å². The van der Waals surface area contributed by atoms with E-state index in [9.17, 15) is 14.4 Å². The van der Waals surface area contributed by atoms with Crippen LogP contribution in [0, 0.1) is 5.92 Å². The summed E-state index contributed by atoms with van der Waals surface area (Å²) >= 11 is 0. The summed E-state index contributed by atoms with van der Waals surface area (Å²) in [6.07, 6.45) is 0.0521. The highest BCUT2D eigenvalue weighted by Gasteiger charge is 2.47. The van der Waals surface area contributed by atoms with E-state index in [4.69, 9.17) is 4.74 Å². The topological polar surface area (TPSA) is 84.5 Å². The average Bonchev–Trinajstić information content (AvgIpc) is 2.87. The molecule has 2 rings (SSSR count). The van der Waals surface area contributed by atoms with Gasteiger partial charge in [-0.15, -0.1) is 0 Å². The highest BCUT2D eigenvalue weighted by atomic mass is 16.5. The number of amides is 2. The van der Waals surface area contributed by atoms with Crippen LogP contribution in [-0.4, -0.2) is 41.9 Å². The van der Waals surface area contributed by atoms with Crippen molar-refractivity contribution < 1.29 is 19.1 Å². The van der Waals surface area contributed by atoms with Crippen molar-refractivity contribution in [2.45, 2.75) is 78.0 Å². The molecule has 0 saturated carbocycles. The largest absolute Gasteiger partial charge is 0.368 e. The number of ketones is 1. The third kappa shape index (κ3) is 5.44. The summed E-state index contributed by atoms with van der Waals surface area (Å²) in [6, 6.07) is 6.69. The van der Waals surface area contributed by atoms with Gasteiger partial charge < -0.3 is 15.4 Å². The second kappa shape index (κ2) is 8.66. The van der Waals surface area contributed by atoms with Crippen molar-refractivity contribution in [3.63, 3.8) is 0 Å². The molecule has 1 aliphatic rings. The molecule has 1 aromatic rings. The molecule has 0 spiro atoms. The molecule has 0 aliphatic carbocycles. The van der Waals surface area contributed by atoms with Crippen molar-refractivity contribution in [1.82, 2.24) is 10.6 Å². The van der Waals surface area contributed by atoms with Crippen molar-refractivity contribution in [3.05, 3.63) is 35.4 Å². The Morgan fingerprint density at radius 1 is 1.21 bits per heavy atom. The Labute approximate surface area is 173 Å². The SMILES string of the molecule is CC(C)CC(NC(=O)c1ccc(C(C)(C)C)cc1)C(=O)NC1(C)C(=O)COC1C. The summed E-state index contributed by atoms with van der Waals surface area (Å²) in [6.45, 7) is 13.7. The van der Waals surface area contributed by atoms with Gasteiger partial charge in [0.25, 0.3) is 5.91 Å². The van der Waals surface area contributed by atoms with Gasteiger partial charge in [0.1, 0.15) is 18.2 Å². The predicted molar refractivity (Wildman–Crippen MR) is 113 cm³/mol. The third-order valence-corrected chi connectivity index (χ3v) is 5.58. The fourth-order valence-electron chi connectivity index (χ4n) is 3.32. The highest BCUT2D eigenvalue weighted by Crippen LogP contribution is 2.23. The molecule has 1 fully saturated rings. The first kappa shape index (κ1) is 23.1. The molecule has 0 radical (unpaired) electrons. The molecule has 6 heteroatoms. The molecule has 3 unspecified atom stereocenters. The summed E-state index contributed by atoms with van der Waals surface area (Å²) in [4.78, 5) is 37.9. The number of rotatable bonds is 6. The molecule has 1 aromatic carbocycles. The van der Waals surface area contributed by atoms with Crippen LogP contribution in [0.25, 0.3) is 0 Å². The van der Waals surface area contributed by atoms with Crippen molar-refractivity contribution >= 4 is 17.6 Å². The van der Waals surface area contributed by atoms with Crippen molar-refractivity contribution in [3.8, 4) is 0 Å². The number of benzene rings is 1. The number of carbonyl (C=O) groups excluding carboxylic acids is 3. The van der Waals surface area contributed by atoms with Crippen LogP contribution in [-0.2, 0) is 19.7 Å². The first-order chi connectivity index (χ1) is 13.3. The minimum atomic E-state index is -1.08. The van der Waals surface area contributed by atoms with Crippen molar-refractivity contribution in [1.29, 1.82) is 0 Å². The number of hydrogen-bond acceptors (Lipinski definition) is 4. The van der Waals surface area contributed by atoms with Gasteiger partial charge in [-0.05, 0) is 49.3 Å². The van der Waals surface area contributed by atoms with E-state index < -0.39 is 17.7 Å². The minimum Gasteiger partial charge on any atom is -0.368 e. The summed E-state index contributed by atoms with van der Waals surface area (Å²) < 4.78 is 5.38. The van der Waals surface area contributed by atoms with Gasteiger partial charge in [-0.3, -0.25) is 14.4 Å². The molecule has 160 valence electrons. The summed E-state index contributed by atoms with van der Waals surface area (Å²) in [5.41, 5.74) is 0.550. The first-order valence-electron chi connectivity index (χ1n) is 10.2. The lowest BCUT2D eigenvalue weighted by atomic mass is 9.86. The van der Waals surface area contributed by atoms with Crippen LogP contribution in [0.5, 0.6) is 0 Å². The maximum absolute atomic E-state index is 12.9. The van der Waals surface area contributed by atoms with Crippen molar-refractivity contribution in [2.75, 3.05) is 6.61 Å². The Kier molecular flexibility index (Phi) is 6.89. The zero-order chi connectivity index (χ0) is 22.0. The maximum atomic E-state index is 12.9. The number of Topliss-reactive ketones (excluding diaryl/α,β-unsaturated/α-hetero) is 1. The normalized spacial score (nSPS) is 23.2. The Morgan fingerprint density at radius 3 is 2.24 bits per heavy atom. The monoisotopic (exact) mass is 402 g/mol. The molecule has 29 heavy (non-hydrogen) atoms. The Hall–Kier alpha value is -2.21. The van der Waals surface area contributed by atoms with Gasteiger partial charge in [-0.25, -0.2) is 0 Å². The van der Waals surface area contributed by atoms with Crippen LogP contribution in [0.4, 0.5) is 0 Å². The smallest absolute Gasteiger partial charge is 0.251 e. The molecule has 3 atom stereocenters. The van der Waals surface area contributed by atoms with E-state index >= 15 is 0 Å². The Bertz CT molecular complexity index is 764. The van der Waals surface area contributed by atoms with Gasteiger partial charge in [-0.1, -0.05) is 46.8 Å². The van der Waals surface area contributed by atoms with E-state index in [2.05, 4.69) is 31.4 Å². The lowest BCUT2D eigenvalue weighted by Crippen LogP contribution is -2.60. The van der Waals surface area contributed by atoms with Gasteiger partial charge in [0.05, 0.1) is 6.10 Å². The second-order valence-corrected chi connectivity index (χ2v) is 9.55. The Morgan fingerprint density at radius 2 is 1.79 bits per heavy atom. The highest BCUT2D eigenvalue weighted by molar-refractivity contribution is 6.00. The van der Waals surface area contributed by atoms with Crippen molar-refractivity contribution in [2.24, 2.45) is 5.92 Å². The van der Waals surface area contributed by atoms with Gasteiger partial charge in [-0.2, -0.15) is 0 Å². The zero-order valence-corrected chi connectivity index (χ0v) is 18.6. The summed E-state index contributed by atoms with van der Waals surface area (Å²) in [7, 11) is 0. The average molecular weight is 403 g/mol. The second-order valence-electron chi connectivity index (χ2n) is 9.55. The number of nitrogens with one attached hydrogen (secondary N) is 2. The molecule has 0 bridgehead atoms. The van der Waals surface area contributed by atoms with Gasteiger partial charge in [0.15, 0.2) is 5.78 Å². The maximum Gasteiger partial charge on any atom is 0.251 e. The summed E-state index contributed by atoms with van der Waals surface area (Å²) in [5.74, 6) is -0.647. The van der Waals surface area contributed by atoms with E-state index in [1.165, 1.54) is 0 Å². The van der Waals surface area contributed by atoms with E-state index in [1.54, 1.807) is 26.0 Å². The van der Waals surface area contributed by atoms with E-state index in [1.807, 2.05) is 26.0 Å². The minimum absolute atomic E-state index is 0.00288. The zero-order valence-electron chi connectivity index (χ0n) is 18.6. The number of hydrogen-bond donors (Lipinski definition) is 2. The van der Waals surface area contributed by atoms with Crippen LogP contribution in [0.1, 0.15) is 70.8 Å². The van der Waals surface area contributed by atoms with E-state index in [0.717, 1.165) is 5.56 Å². The fraction of sp³-hybridized carbons (Fsp3) is 0.609. The molecule has 2 amide bonds. The van der Waals surface area contributed by atoms with Crippen LogP contribution in [0.3, 0.4) is 0 Å². The van der Waals surface area contributed by atoms with Gasteiger partial charge in [0, 0.05) is 5.56 Å². The molecule has 0 aromatic heterocycles. The molecule has 1 saturated heterocycles. The number of ether oxygens (including phenoxy) is 1. The lowest BCUT2D eigenvalue weighted by Gasteiger charge is -2.30. The number of carbonyl (C=O) groups is 3. The molecule has 1 aliphatic heterocycles. The summed E-state index contributed by atoms with van der Waals surface area (Å²) in [5, 5.41) is 5.66.